The topological polar surface area (TPSA) is 46.3 Å². The van der Waals surface area contributed by atoms with Gasteiger partial charge in [0.1, 0.15) is 0 Å². The Morgan fingerprint density at radius 2 is 1.70 bits per heavy atom. The van der Waals surface area contributed by atoms with Crippen LogP contribution in [0.25, 0.3) is 0 Å². The van der Waals surface area contributed by atoms with Crippen molar-refractivity contribution in [2.75, 3.05) is 13.1 Å². The molecule has 1 saturated heterocycles. The van der Waals surface area contributed by atoms with E-state index in [-0.39, 0.29) is 5.91 Å². The number of amides is 1. The van der Waals surface area contributed by atoms with Crippen LogP contribution >= 0.6 is 24.0 Å². The molecule has 0 aromatic rings. The van der Waals surface area contributed by atoms with Gasteiger partial charge in [0, 0.05) is 23.6 Å². The summed E-state index contributed by atoms with van der Waals surface area (Å²) in [6.45, 7) is 10.2. The summed E-state index contributed by atoms with van der Waals surface area (Å²) in [7, 11) is 0. The van der Waals surface area contributed by atoms with Crippen LogP contribution in [0.4, 0.5) is 0 Å². The maximum Gasteiger partial charge on any atom is 0.235 e. The Morgan fingerprint density at radius 1 is 1.25 bits per heavy atom. The summed E-state index contributed by atoms with van der Waals surface area (Å²) in [5.41, 5.74) is 5.37. The molecule has 5 heteroatoms. The number of carbonyl (C=O) groups is 1. The fourth-order valence-electron chi connectivity index (χ4n) is 3.19. The van der Waals surface area contributed by atoms with Gasteiger partial charge in [-0.25, -0.2) is 0 Å². The third kappa shape index (κ3) is 3.88. The minimum atomic E-state index is -0.625. The normalized spacial score (nSPS) is 23.7. The molecule has 0 aliphatic carbocycles. The Labute approximate surface area is 133 Å². The number of carbonyl (C=O) groups excluding carboxylic acids is 1. The summed E-state index contributed by atoms with van der Waals surface area (Å²) in [6, 6.07) is 0. The van der Waals surface area contributed by atoms with Crippen molar-refractivity contribution in [3.63, 3.8) is 0 Å². The van der Waals surface area contributed by atoms with Crippen LogP contribution in [0.1, 0.15) is 53.4 Å². The monoisotopic (exact) mass is 316 g/mol. The zero-order valence-corrected chi connectivity index (χ0v) is 14.8. The molecule has 1 aliphatic heterocycles. The predicted octanol–water partition coefficient (Wildman–Crippen LogP) is 3.21. The second kappa shape index (κ2) is 7.64. The van der Waals surface area contributed by atoms with Crippen molar-refractivity contribution < 1.29 is 4.79 Å². The second-order valence-corrected chi connectivity index (χ2v) is 8.24. The van der Waals surface area contributed by atoms with Gasteiger partial charge in [0.25, 0.3) is 0 Å². The fraction of sp³-hybridized carbons (Fsp3) is 0.867. The number of hydrogen-bond donors (Lipinski definition) is 1. The molecule has 0 spiro atoms. The molecule has 1 amide bonds. The third-order valence-electron chi connectivity index (χ3n) is 3.94. The van der Waals surface area contributed by atoms with E-state index in [2.05, 4.69) is 27.7 Å². The van der Waals surface area contributed by atoms with Crippen LogP contribution in [0.15, 0.2) is 0 Å². The summed E-state index contributed by atoms with van der Waals surface area (Å²) < 4.78 is 0. The summed E-state index contributed by atoms with van der Waals surface area (Å²) in [5, 5.41) is 0.963. The molecular weight excluding hydrogens is 288 g/mol. The number of nitrogens with zero attached hydrogens (tertiary/aromatic N) is 1. The summed E-state index contributed by atoms with van der Waals surface area (Å²) in [6.07, 6.45) is 3.39. The van der Waals surface area contributed by atoms with Crippen molar-refractivity contribution in [1.82, 2.24) is 4.90 Å². The Morgan fingerprint density at radius 3 is 2.05 bits per heavy atom. The third-order valence-corrected chi connectivity index (χ3v) is 5.56. The van der Waals surface area contributed by atoms with Gasteiger partial charge in [-0.1, -0.05) is 52.8 Å². The van der Waals surface area contributed by atoms with Crippen molar-refractivity contribution in [3.8, 4) is 0 Å². The van der Waals surface area contributed by atoms with Gasteiger partial charge in [-0.05, 0) is 12.8 Å². The lowest BCUT2D eigenvalue weighted by molar-refractivity contribution is -0.139. The van der Waals surface area contributed by atoms with Crippen molar-refractivity contribution in [2.24, 2.45) is 11.1 Å². The van der Waals surface area contributed by atoms with Crippen LogP contribution in [-0.2, 0) is 4.79 Å². The van der Waals surface area contributed by atoms with Crippen LogP contribution in [0.2, 0.25) is 0 Å². The number of hydrogen-bond acceptors (Lipinski definition) is 3. The molecule has 0 aromatic carbocycles. The van der Waals surface area contributed by atoms with E-state index in [1.54, 1.807) is 0 Å². The van der Waals surface area contributed by atoms with E-state index >= 15 is 0 Å². The van der Waals surface area contributed by atoms with Gasteiger partial charge in [0.05, 0.1) is 10.4 Å². The number of thioether (sulfide) groups is 1. The highest BCUT2D eigenvalue weighted by molar-refractivity contribution is 8.00. The Bertz CT molecular complexity index is 344. The first-order chi connectivity index (χ1) is 9.37. The number of rotatable bonds is 6. The summed E-state index contributed by atoms with van der Waals surface area (Å²) >= 11 is 7.24. The molecule has 2 atom stereocenters. The van der Waals surface area contributed by atoms with Crippen molar-refractivity contribution in [3.05, 3.63) is 0 Å². The van der Waals surface area contributed by atoms with E-state index in [1.807, 2.05) is 16.7 Å². The molecule has 3 nitrogen and oxygen atoms in total. The SMILES string of the molecule is CCCC(CCC)(C(=O)N1CC(C)SC(C)C1)C(N)=S. The van der Waals surface area contributed by atoms with Gasteiger partial charge in [0.2, 0.25) is 5.91 Å². The van der Waals surface area contributed by atoms with Gasteiger partial charge in [-0.2, -0.15) is 11.8 Å². The molecule has 1 rings (SSSR count). The molecule has 0 saturated carbocycles. The molecule has 20 heavy (non-hydrogen) atoms. The zero-order chi connectivity index (χ0) is 15.3. The van der Waals surface area contributed by atoms with Gasteiger partial charge in [0.15, 0.2) is 0 Å². The minimum Gasteiger partial charge on any atom is -0.392 e. The fourth-order valence-corrected chi connectivity index (χ4v) is 4.81. The molecule has 2 unspecified atom stereocenters. The lowest BCUT2D eigenvalue weighted by atomic mass is 9.77. The van der Waals surface area contributed by atoms with Crippen molar-refractivity contribution in [1.29, 1.82) is 0 Å². The molecule has 2 N–H and O–H groups in total. The summed E-state index contributed by atoms with van der Waals surface area (Å²) in [4.78, 5) is 15.5. The lowest BCUT2D eigenvalue weighted by Crippen LogP contribution is -2.54. The van der Waals surface area contributed by atoms with E-state index < -0.39 is 5.41 Å². The van der Waals surface area contributed by atoms with E-state index in [1.165, 1.54) is 0 Å². The predicted molar refractivity (Wildman–Crippen MR) is 92.1 cm³/mol. The van der Waals surface area contributed by atoms with E-state index in [9.17, 15) is 4.79 Å². The molecule has 1 aliphatic rings. The Hall–Kier alpha value is -0.290. The average molecular weight is 317 g/mol. The Balaban J connectivity index is 3.00. The second-order valence-electron chi connectivity index (χ2n) is 5.91. The standard InChI is InChI=1S/C15H28N2OS2/c1-5-7-15(8-6-2,13(16)19)14(18)17-9-11(3)20-12(4)10-17/h11-12H,5-10H2,1-4H3,(H2,16,19). The Kier molecular flexibility index (Phi) is 6.79. The molecule has 0 aromatic heterocycles. The molecule has 116 valence electrons. The molecule has 0 radical (unpaired) electrons. The number of nitrogens with two attached hydrogens (primary N) is 1. The lowest BCUT2D eigenvalue weighted by Gasteiger charge is -2.41. The highest BCUT2D eigenvalue weighted by Gasteiger charge is 2.43. The first kappa shape index (κ1) is 17.8. The van der Waals surface area contributed by atoms with Crippen LogP contribution in [0.3, 0.4) is 0 Å². The van der Waals surface area contributed by atoms with Crippen molar-refractivity contribution >= 4 is 34.9 Å². The smallest absolute Gasteiger partial charge is 0.235 e. The van der Waals surface area contributed by atoms with E-state index in [0.717, 1.165) is 38.8 Å². The molecule has 0 bridgehead atoms. The maximum absolute atomic E-state index is 13.1. The van der Waals surface area contributed by atoms with Gasteiger partial charge in [-0.15, -0.1) is 0 Å². The van der Waals surface area contributed by atoms with Crippen molar-refractivity contribution in [2.45, 2.75) is 63.9 Å². The first-order valence-corrected chi connectivity index (χ1v) is 8.97. The maximum atomic E-state index is 13.1. The molecular formula is C15H28N2OS2. The van der Waals surface area contributed by atoms with Gasteiger partial charge < -0.3 is 10.6 Å². The minimum absolute atomic E-state index is 0.160. The molecule has 1 fully saturated rings. The van der Waals surface area contributed by atoms with Crippen LogP contribution in [-0.4, -0.2) is 39.4 Å². The first-order valence-electron chi connectivity index (χ1n) is 7.62. The van der Waals surface area contributed by atoms with Gasteiger partial charge in [-0.3, -0.25) is 4.79 Å². The largest absolute Gasteiger partial charge is 0.392 e. The van der Waals surface area contributed by atoms with Crippen LogP contribution < -0.4 is 5.73 Å². The summed E-state index contributed by atoms with van der Waals surface area (Å²) in [5.74, 6) is 0.160. The zero-order valence-electron chi connectivity index (χ0n) is 13.1. The highest BCUT2D eigenvalue weighted by Crippen LogP contribution is 2.35. The van der Waals surface area contributed by atoms with E-state index in [0.29, 0.717) is 15.5 Å². The van der Waals surface area contributed by atoms with Crippen LogP contribution in [0, 0.1) is 5.41 Å². The number of thiocarbonyl (C=S) groups is 1. The quantitative estimate of drug-likeness (QED) is 0.764. The average Bonchev–Trinajstić information content (AvgIpc) is 2.36. The van der Waals surface area contributed by atoms with Gasteiger partial charge >= 0.3 is 0 Å². The molecule has 1 heterocycles. The van der Waals surface area contributed by atoms with E-state index in [4.69, 9.17) is 18.0 Å². The highest BCUT2D eigenvalue weighted by atomic mass is 32.2. The van der Waals surface area contributed by atoms with Crippen LogP contribution in [0.5, 0.6) is 0 Å².